The third kappa shape index (κ3) is 76.1. The first-order chi connectivity index (χ1) is 48.9. The molecule has 600 valence electrons. The third-order valence-electron chi connectivity index (χ3n) is 19.2. The molecular weight excluding hydrogens is 1320 g/mol. The topological polar surface area (TPSA) is 237 Å². The highest BCUT2D eigenvalue weighted by molar-refractivity contribution is 7.47. The molecule has 3 N–H and O–H groups in total. The van der Waals surface area contributed by atoms with Crippen molar-refractivity contribution >= 4 is 39.5 Å². The summed E-state index contributed by atoms with van der Waals surface area (Å²) in [6, 6.07) is 0. The van der Waals surface area contributed by atoms with Crippen LogP contribution in [-0.4, -0.2) is 96.7 Å². The Balaban J connectivity index is 5.27. The van der Waals surface area contributed by atoms with Crippen molar-refractivity contribution in [2.45, 2.75) is 452 Å². The summed E-state index contributed by atoms with van der Waals surface area (Å²) >= 11 is 0. The van der Waals surface area contributed by atoms with Crippen molar-refractivity contribution in [3.63, 3.8) is 0 Å². The van der Waals surface area contributed by atoms with Crippen LogP contribution in [0.25, 0.3) is 0 Å². The number of hydrogen-bond acceptors (Lipinski definition) is 15. The molecule has 0 aliphatic carbocycles. The van der Waals surface area contributed by atoms with E-state index in [2.05, 4.69) is 41.5 Å². The van der Waals surface area contributed by atoms with Crippen LogP contribution in [0, 0.1) is 11.8 Å². The zero-order valence-electron chi connectivity index (χ0n) is 66.2. The number of esters is 4. The Morgan fingerprint density at radius 1 is 0.267 bits per heavy atom. The average molecular weight is 1480 g/mol. The number of ether oxygens (including phenoxy) is 4. The van der Waals surface area contributed by atoms with E-state index in [1.54, 1.807) is 0 Å². The van der Waals surface area contributed by atoms with Gasteiger partial charge in [-0.2, -0.15) is 0 Å². The zero-order chi connectivity index (χ0) is 74.2. The molecule has 0 amide bonds. The molecule has 0 rings (SSSR count). The van der Waals surface area contributed by atoms with Crippen molar-refractivity contribution in [3.8, 4) is 0 Å². The summed E-state index contributed by atoms with van der Waals surface area (Å²) in [7, 11) is -9.92. The molecular formula is C82H160O17P2. The normalized spacial score (nSPS) is 13.9. The van der Waals surface area contributed by atoms with Crippen molar-refractivity contribution in [2.24, 2.45) is 11.8 Å². The molecule has 0 heterocycles. The molecule has 0 saturated heterocycles. The van der Waals surface area contributed by atoms with Crippen molar-refractivity contribution in [2.75, 3.05) is 39.6 Å². The molecule has 0 spiro atoms. The molecule has 17 nitrogen and oxygen atoms in total. The molecule has 0 saturated carbocycles. The van der Waals surface area contributed by atoms with Crippen LogP contribution >= 0.6 is 15.6 Å². The third-order valence-corrected chi connectivity index (χ3v) is 21.1. The second-order valence-electron chi connectivity index (χ2n) is 30.5. The van der Waals surface area contributed by atoms with Crippen molar-refractivity contribution < 1.29 is 80.2 Å². The van der Waals surface area contributed by atoms with Gasteiger partial charge in [-0.15, -0.1) is 0 Å². The van der Waals surface area contributed by atoms with Crippen molar-refractivity contribution in [1.29, 1.82) is 0 Å². The summed E-state index contributed by atoms with van der Waals surface area (Å²) in [5.41, 5.74) is 0. The monoisotopic (exact) mass is 1480 g/mol. The Labute approximate surface area is 619 Å². The van der Waals surface area contributed by atoms with Gasteiger partial charge in [0, 0.05) is 25.7 Å². The van der Waals surface area contributed by atoms with Gasteiger partial charge in [-0.25, -0.2) is 9.13 Å². The first kappa shape index (κ1) is 99.1. The Bertz CT molecular complexity index is 1940. The lowest BCUT2D eigenvalue weighted by Crippen LogP contribution is -2.30. The molecule has 19 heteroatoms. The van der Waals surface area contributed by atoms with E-state index in [0.29, 0.717) is 25.7 Å². The number of aliphatic hydroxyl groups is 1. The maximum absolute atomic E-state index is 13.1. The number of hydrogen-bond donors (Lipinski definition) is 3. The van der Waals surface area contributed by atoms with Crippen LogP contribution in [0.4, 0.5) is 0 Å². The second-order valence-corrected chi connectivity index (χ2v) is 33.4. The minimum absolute atomic E-state index is 0.107. The van der Waals surface area contributed by atoms with Gasteiger partial charge < -0.3 is 33.8 Å². The fraction of sp³-hybridized carbons (Fsp3) is 0.951. The van der Waals surface area contributed by atoms with Gasteiger partial charge in [-0.05, 0) is 37.5 Å². The van der Waals surface area contributed by atoms with Crippen LogP contribution in [0.2, 0.25) is 0 Å². The van der Waals surface area contributed by atoms with E-state index in [9.17, 15) is 43.2 Å². The molecule has 0 aromatic rings. The predicted molar refractivity (Wildman–Crippen MR) is 414 cm³/mol. The highest BCUT2D eigenvalue weighted by atomic mass is 31.2. The SMILES string of the molecule is CCCCCCCCCCCCCCCCCCCCC(=O)O[C@H](COC(=O)CCCCCCCCCCCCCCCC(C)C)COP(=O)(O)OC[C@@H](O)COP(=O)(O)OC[C@@H](COC(=O)CCCCCCCCCCCCCCC)OC(=O)CCCCCCCCCCCCCC(C)C. The molecule has 0 fully saturated rings. The van der Waals surface area contributed by atoms with Gasteiger partial charge >= 0.3 is 39.5 Å². The summed E-state index contributed by atoms with van der Waals surface area (Å²) in [6.45, 7) is 9.67. The maximum Gasteiger partial charge on any atom is 0.472 e. The number of carbonyl (C=O) groups is 4. The van der Waals surface area contributed by atoms with Gasteiger partial charge in [-0.3, -0.25) is 37.3 Å². The standard InChI is InChI=1S/C82H160O17P2/c1-7-9-11-13-15-17-19-21-22-23-24-25-29-36-42-48-54-60-66-81(86)98-77(70-93-80(85)65-59-53-47-41-35-30-26-28-32-38-44-50-56-62-74(3)4)72-96-100(88,89)94-68-76(83)69-95-101(90,91)97-73-78(71-92-79(84)64-58-52-46-40-34-27-20-18-16-14-12-10-8-2)99-82(87)67-61-55-49-43-37-31-33-39-45-51-57-63-75(5)6/h74-78,83H,7-73H2,1-6H3,(H,88,89)(H,90,91)/t76-,77-,78-/m1/s1. The van der Waals surface area contributed by atoms with E-state index in [1.807, 2.05) is 0 Å². The van der Waals surface area contributed by atoms with E-state index in [1.165, 1.54) is 250 Å². The minimum atomic E-state index is -4.96. The minimum Gasteiger partial charge on any atom is -0.462 e. The lowest BCUT2D eigenvalue weighted by Gasteiger charge is -2.21. The lowest BCUT2D eigenvalue weighted by atomic mass is 10.0. The van der Waals surface area contributed by atoms with E-state index in [-0.39, 0.29) is 25.7 Å². The Morgan fingerprint density at radius 2 is 0.455 bits per heavy atom. The first-order valence-corrected chi connectivity index (χ1v) is 45.5. The molecule has 0 aromatic carbocycles. The average Bonchev–Trinajstić information content (AvgIpc) is 1.16. The van der Waals surface area contributed by atoms with Crippen molar-refractivity contribution in [3.05, 3.63) is 0 Å². The van der Waals surface area contributed by atoms with E-state index >= 15 is 0 Å². The van der Waals surface area contributed by atoms with E-state index in [4.69, 9.17) is 37.0 Å². The summed E-state index contributed by atoms with van der Waals surface area (Å²) < 4.78 is 68.8. The van der Waals surface area contributed by atoms with Crippen LogP contribution in [0.5, 0.6) is 0 Å². The van der Waals surface area contributed by atoms with Crippen LogP contribution in [0.1, 0.15) is 433 Å². The number of unbranched alkanes of at least 4 members (excludes halogenated alkanes) is 51. The number of phosphoric ester groups is 2. The Kier molecular flexibility index (Phi) is 72.2. The second kappa shape index (κ2) is 73.6. The van der Waals surface area contributed by atoms with Crippen LogP contribution in [-0.2, 0) is 65.4 Å². The highest BCUT2D eigenvalue weighted by Gasteiger charge is 2.30. The fourth-order valence-electron chi connectivity index (χ4n) is 12.7. The molecule has 0 radical (unpaired) electrons. The molecule has 0 bridgehead atoms. The molecule has 5 atom stereocenters. The molecule has 0 aliphatic heterocycles. The fourth-order valence-corrected chi connectivity index (χ4v) is 14.3. The van der Waals surface area contributed by atoms with Crippen LogP contribution in [0.3, 0.4) is 0 Å². The summed E-state index contributed by atoms with van der Waals surface area (Å²) in [6.07, 6.45) is 63.7. The predicted octanol–water partition coefficient (Wildman–Crippen LogP) is 24.7. The zero-order valence-corrected chi connectivity index (χ0v) is 68.0. The van der Waals surface area contributed by atoms with Crippen molar-refractivity contribution in [1.82, 2.24) is 0 Å². The van der Waals surface area contributed by atoms with Crippen LogP contribution < -0.4 is 0 Å². The maximum atomic E-state index is 13.1. The Morgan fingerprint density at radius 3 is 0.673 bits per heavy atom. The van der Waals surface area contributed by atoms with Gasteiger partial charge in [0.1, 0.15) is 19.3 Å². The molecule has 0 aromatic heterocycles. The van der Waals surface area contributed by atoms with E-state index < -0.39 is 97.5 Å². The number of rotatable bonds is 81. The first-order valence-electron chi connectivity index (χ1n) is 42.5. The van der Waals surface area contributed by atoms with E-state index in [0.717, 1.165) is 102 Å². The highest BCUT2D eigenvalue weighted by Crippen LogP contribution is 2.45. The Hall–Kier alpha value is -1.94. The summed E-state index contributed by atoms with van der Waals surface area (Å²) in [5.74, 6) is -0.548. The number of phosphoric acid groups is 2. The quantitative estimate of drug-likeness (QED) is 0.0222. The van der Waals surface area contributed by atoms with Crippen LogP contribution in [0.15, 0.2) is 0 Å². The smallest absolute Gasteiger partial charge is 0.462 e. The number of carbonyl (C=O) groups excluding carboxylic acids is 4. The lowest BCUT2D eigenvalue weighted by molar-refractivity contribution is -0.161. The molecule has 0 aliphatic rings. The largest absolute Gasteiger partial charge is 0.472 e. The molecule has 101 heavy (non-hydrogen) atoms. The molecule has 2 unspecified atom stereocenters. The van der Waals surface area contributed by atoms with Gasteiger partial charge in [0.2, 0.25) is 0 Å². The summed E-state index contributed by atoms with van der Waals surface area (Å²) in [4.78, 5) is 73.1. The van der Waals surface area contributed by atoms with Gasteiger partial charge in [0.15, 0.2) is 12.2 Å². The van der Waals surface area contributed by atoms with Gasteiger partial charge in [-0.1, -0.05) is 382 Å². The number of aliphatic hydroxyl groups excluding tert-OH is 1. The van der Waals surface area contributed by atoms with Gasteiger partial charge in [0.25, 0.3) is 0 Å². The summed E-state index contributed by atoms with van der Waals surface area (Å²) in [5, 5.41) is 10.7. The van der Waals surface area contributed by atoms with Gasteiger partial charge in [0.05, 0.1) is 26.4 Å².